The van der Waals surface area contributed by atoms with Crippen LogP contribution in [-0.2, 0) is 4.79 Å². The molecule has 88 valence electrons. The molecule has 1 fully saturated rings. The van der Waals surface area contributed by atoms with E-state index in [0.29, 0.717) is 25.9 Å². The molecule has 1 rings (SSSR count). The Kier molecular flexibility index (Phi) is 3.73. The summed E-state index contributed by atoms with van der Waals surface area (Å²) >= 11 is 0. The molecule has 4 heteroatoms. The second-order valence-electron chi connectivity index (χ2n) is 5.37. The maximum atomic E-state index is 11.2. The molecular weight excluding hydrogens is 194 g/mol. The zero-order chi connectivity index (χ0) is 11.6. The van der Waals surface area contributed by atoms with E-state index in [9.17, 15) is 15.0 Å². The standard InChI is InChI=1S/C11H21NO3/c1-11(2,3)9(10(14)15)12-6-4-8(13)5-7-12/h8-9,13H,4-7H2,1-3H3,(H,14,15). The minimum atomic E-state index is -0.765. The van der Waals surface area contributed by atoms with E-state index in [1.54, 1.807) is 0 Å². The average Bonchev–Trinajstić information content (AvgIpc) is 2.05. The summed E-state index contributed by atoms with van der Waals surface area (Å²) in [5.41, 5.74) is -0.270. The second kappa shape index (κ2) is 4.49. The van der Waals surface area contributed by atoms with E-state index in [2.05, 4.69) is 0 Å². The van der Waals surface area contributed by atoms with Gasteiger partial charge in [0.15, 0.2) is 0 Å². The molecule has 0 bridgehead atoms. The predicted octanol–water partition coefficient (Wildman–Crippen LogP) is 0.942. The minimum absolute atomic E-state index is 0.254. The van der Waals surface area contributed by atoms with Gasteiger partial charge in [-0.1, -0.05) is 20.8 Å². The zero-order valence-corrected chi connectivity index (χ0v) is 9.73. The Morgan fingerprint density at radius 3 is 2.13 bits per heavy atom. The van der Waals surface area contributed by atoms with Crippen molar-refractivity contribution in [3.63, 3.8) is 0 Å². The van der Waals surface area contributed by atoms with Crippen LogP contribution < -0.4 is 0 Å². The average molecular weight is 215 g/mol. The second-order valence-corrected chi connectivity index (χ2v) is 5.37. The van der Waals surface area contributed by atoms with Gasteiger partial charge in [0.2, 0.25) is 0 Å². The molecule has 0 radical (unpaired) electrons. The van der Waals surface area contributed by atoms with Crippen LogP contribution in [0.5, 0.6) is 0 Å². The van der Waals surface area contributed by atoms with Crippen molar-refractivity contribution in [1.82, 2.24) is 4.90 Å². The lowest BCUT2D eigenvalue weighted by Gasteiger charge is -2.40. The summed E-state index contributed by atoms with van der Waals surface area (Å²) in [6, 6.07) is -0.454. The molecule has 0 aromatic heterocycles. The van der Waals surface area contributed by atoms with E-state index in [-0.39, 0.29) is 11.5 Å². The molecule has 1 atom stereocenters. The van der Waals surface area contributed by atoms with Crippen molar-refractivity contribution in [1.29, 1.82) is 0 Å². The van der Waals surface area contributed by atoms with E-state index in [1.807, 2.05) is 25.7 Å². The van der Waals surface area contributed by atoms with E-state index < -0.39 is 12.0 Å². The normalized spacial score (nSPS) is 22.7. The number of carbonyl (C=O) groups is 1. The molecule has 1 aliphatic heterocycles. The Morgan fingerprint density at radius 2 is 1.80 bits per heavy atom. The van der Waals surface area contributed by atoms with Gasteiger partial charge in [-0.15, -0.1) is 0 Å². The highest BCUT2D eigenvalue weighted by Gasteiger charge is 2.37. The lowest BCUT2D eigenvalue weighted by atomic mass is 9.84. The number of likely N-dealkylation sites (tertiary alicyclic amines) is 1. The van der Waals surface area contributed by atoms with Crippen LogP contribution in [0, 0.1) is 5.41 Å². The summed E-state index contributed by atoms with van der Waals surface area (Å²) in [7, 11) is 0. The lowest BCUT2D eigenvalue weighted by Crippen LogP contribution is -2.52. The van der Waals surface area contributed by atoms with Crippen LogP contribution >= 0.6 is 0 Å². The summed E-state index contributed by atoms with van der Waals surface area (Å²) in [6.07, 6.45) is 1.11. The maximum Gasteiger partial charge on any atom is 0.321 e. The Morgan fingerprint density at radius 1 is 1.33 bits per heavy atom. The van der Waals surface area contributed by atoms with Gasteiger partial charge in [0, 0.05) is 13.1 Å². The summed E-state index contributed by atoms with van der Waals surface area (Å²) in [5.74, 6) is -0.765. The first kappa shape index (κ1) is 12.5. The predicted molar refractivity (Wildman–Crippen MR) is 57.7 cm³/mol. The number of hydrogen-bond acceptors (Lipinski definition) is 3. The largest absolute Gasteiger partial charge is 0.480 e. The highest BCUT2D eigenvalue weighted by Crippen LogP contribution is 2.27. The number of carboxylic acids is 1. The first-order valence-electron chi connectivity index (χ1n) is 5.47. The number of rotatable bonds is 2. The molecule has 1 unspecified atom stereocenters. The van der Waals surface area contributed by atoms with Gasteiger partial charge in [0.1, 0.15) is 6.04 Å². The van der Waals surface area contributed by atoms with Crippen molar-refractivity contribution in [2.24, 2.45) is 5.41 Å². The third kappa shape index (κ3) is 3.18. The highest BCUT2D eigenvalue weighted by molar-refractivity contribution is 5.74. The number of hydrogen-bond donors (Lipinski definition) is 2. The van der Waals surface area contributed by atoms with Gasteiger partial charge in [0.25, 0.3) is 0 Å². The third-order valence-corrected chi connectivity index (χ3v) is 2.92. The van der Waals surface area contributed by atoms with E-state index >= 15 is 0 Å². The molecule has 0 spiro atoms. The Labute approximate surface area is 90.9 Å². The minimum Gasteiger partial charge on any atom is -0.480 e. The first-order valence-corrected chi connectivity index (χ1v) is 5.47. The fourth-order valence-electron chi connectivity index (χ4n) is 2.22. The number of nitrogens with zero attached hydrogens (tertiary/aromatic N) is 1. The monoisotopic (exact) mass is 215 g/mol. The van der Waals surface area contributed by atoms with Gasteiger partial charge in [-0.05, 0) is 18.3 Å². The van der Waals surface area contributed by atoms with Gasteiger partial charge in [-0.2, -0.15) is 0 Å². The fraction of sp³-hybridized carbons (Fsp3) is 0.909. The smallest absolute Gasteiger partial charge is 0.321 e. The van der Waals surface area contributed by atoms with Crippen LogP contribution in [0.4, 0.5) is 0 Å². The van der Waals surface area contributed by atoms with Gasteiger partial charge in [0.05, 0.1) is 6.10 Å². The summed E-state index contributed by atoms with van der Waals surface area (Å²) in [5, 5.41) is 18.6. The highest BCUT2D eigenvalue weighted by atomic mass is 16.4. The fourth-order valence-corrected chi connectivity index (χ4v) is 2.22. The van der Waals surface area contributed by atoms with Gasteiger partial charge < -0.3 is 10.2 Å². The molecular formula is C11H21NO3. The molecule has 0 aromatic rings. The van der Waals surface area contributed by atoms with Gasteiger partial charge >= 0.3 is 5.97 Å². The van der Waals surface area contributed by atoms with Crippen molar-refractivity contribution in [2.45, 2.75) is 45.8 Å². The van der Waals surface area contributed by atoms with Crippen molar-refractivity contribution >= 4 is 5.97 Å². The Bertz CT molecular complexity index is 226. The molecule has 0 aromatic carbocycles. The molecule has 1 heterocycles. The molecule has 0 aliphatic carbocycles. The van der Waals surface area contributed by atoms with Crippen LogP contribution in [0.3, 0.4) is 0 Å². The third-order valence-electron chi connectivity index (χ3n) is 2.92. The molecule has 0 amide bonds. The summed E-state index contributed by atoms with van der Waals surface area (Å²) in [6.45, 7) is 7.18. The summed E-state index contributed by atoms with van der Waals surface area (Å²) in [4.78, 5) is 13.2. The molecule has 0 saturated carbocycles. The van der Waals surface area contributed by atoms with E-state index in [4.69, 9.17) is 0 Å². The van der Waals surface area contributed by atoms with Crippen molar-refractivity contribution in [3.05, 3.63) is 0 Å². The number of piperidine rings is 1. The molecule has 2 N–H and O–H groups in total. The maximum absolute atomic E-state index is 11.2. The molecule has 1 aliphatic rings. The van der Waals surface area contributed by atoms with Crippen LogP contribution in [0.1, 0.15) is 33.6 Å². The Balaban J connectivity index is 2.69. The number of aliphatic hydroxyl groups excluding tert-OH is 1. The first-order chi connectivity index (χ1) is 6.82. The van der Waals surface area contributed by atoms with E-state index in [1.165, 1.54) is 0 Å². The number of carboxylic acid groups (broad SMARTS) is 1. The van der Waals surface area contributed by atoms with Crippen molar-refractivity contribution in [2.75, 3.05) is 13.1 Å². The zero-order valence-electron chi connectivity index (χ0n) is 9.73. The van der Waals surface area contributed by atoms with Gasteiger partial charge in [-0.3, -0.25) is 9.69 Å². The molecule has 1 saturated heterocycles. The van der Waals surface area contributed by atoms with E-state index in [0.717, 1.165) is 0 Å². The van der Waals surface area contributed by atoms with Crippen LogP contribution in [0.25, 0.3) is 0 Å². The van der Waals surface area contributed by atoms with Crippen LogP contribution in [0.2, 0.25) is 0 Å². The van der Waals surface area contributed by atoms with Gasteiger partial charge in [-0.25, -0.2) is 0 Å². The SMILES string of the molecule is CC(C)(C)C(C(=O)O)N1CCC(O)CC1. The molecule has 15 heavy (non-hydrogen) atoms. The quantitative estimate of drug-likeness (QED) is 0.719. The summed E-state index contributed by atoms with van der Waals surface area (Å²) < 4.78 is 0. The topological polar surface area (TPSA) is 60.8 Å². The van der Waals surface area contributed by atoms with Crippen LogP contribution in [-0.4, -0.2) is 46.3 Å². The Hall–Kier alpha value is -0.610. The van der Waals surface area contributed by atoms with Crippen molar-refractivity contribution in [3.8, 4) is 0 Å². The molecule has 4 nitrogen and oxygen atoms in total. The van der Waals surface area contributed by atoms with Crippen LogP contribution in [0.15, 0.2) is 0 Å². The lowest BCUT2D eigenvalue weighted by molar-refractivity contribution is -0.149. The number of aliphatic hydroxyl groups is 1. The van der Waals surface area contributed by atoms with Crippen molar-refractivity contribution < 1.29 is 15.0 Å². The number of aliphatic carboxylic acids is 1.